The van der Waals surface area contributed by atoms with Gasteiger partial charge in [-0.15, -0.1) is 0 Å². The maximum Gasteiger partial charge on any atom is 0.416 e. The van der Waals surface area contributed by atoms with Gasteiger partial charge in [0.1, 0.15) is 5.75 Å². The Balaban J connectivity index is 1.48. The third-order valence-electron chi connectivity index (χ3n) is 5.24. The first-order valence-corrected chi connectivity index (χ1v) is 10.2. The molecule has 6 nitrogen and oxygen atoms in total. The number of alkyl halides is 3. The van der Waals surface area contributed by atoms with Crippen LogP contribution in [0.25, 0.3) is 0 Å². The van der Waals surface area contributed by atoms with Gasteiger partial charge in [-0.1, -0.05) is 6.92 Å². The van der Waals surface area contributed by atoms with Crippen molar-refractivity contribution in [3.05, 3.63) is 65.2 Å². The summed E-state index contributed by atoms with van der Waals surface area (Å²) in [5.41, 5.74) is -0.0535. The zero-order chi connectivity index (χ0) is 23.3. The van der Waals surface area contributed by atoms with Gasteiger partial charge in [-0.2, -0.15) is 13.2 Å². The number of carbonyl (C=O) groups excluding carboxylic acids is 3. The monoisotopic (exact) mass is 448 g/mol. The van der Waals surface area contributed by atoms with Gasteiger partial charge in [0.05, 0.1) is 5.56 Å². The lowest BCUT2D eigenvalue weighted by Gasteiger charge is -2.34. The first kappa shape index (κ1) is 23.3. The number of nitrogens with zero attached hydrogens (tertiary/aromatic N) is 2. The highest BCUT2D eigenvalue weighted by atomic mass is 19.4. The number of hydrogen-bond donors (Lipinski definition) is 0. The maximum absolute atomic E-state index is 12.7. The number of carbonyl (C=O) groups is 3. The molecule has 3 rings (SSSR count). The molecule has 170 valence electrons. The van der Waals surface area contributed by atoms with Crippen LogP contribution in [0.1, 0.15) is 39.6 Å². The Kier molecular flexibility index (Phi) is 7.17. The number of ketones is 1. The summed E-state index contributed by atoms with van der Waals surface area (Å²) in [6, 6.07) is 10.7. The van der Waals surface area contributed by atoms with E-state index < -0.39 is 11.7 Å². The number of piperazine rings is 1. The van der Waals surface area contributed by atoms with Crippen LogP contribution in [0.4, 0.5) is 13.2 Å². The van der Waals surface area contributed by atoms with Crippen molar-refractivity contribution >= 4 is 17.6 Å². The molecular formula is C23H23F3N2O4. The highest BCUT2D eigenvalue weighted by molar-refractivity contribution is 5.96. The van der Waals surface area contributed by atoms with E-state index in [0.29, 0.717) is 30.8 Å². The van der Waals surface area contributed by atoms with Gasteiger partial charge in [-0.3, -0.25) is 14.4 Å². The van der Waals surface area contributed by atoms with E-state index in [1.807, 2.05) is 0 Å². The molecule has 0 aromatic heterocycles. The lowest BCUT2D eigenvalue weighted by Crippen LogP contribution is -2.51. The molecule has 0 bridgehead atoms. The molecule has 0 N–H and O–H groups in total. The maximum atomic E-state index is 12.7. The largest absolute Gasteiger partial charge is 0.484 e. The van der Waals surface area contributed by atoms with E-state index in [4.69, 9.17) is 4.74 Å². The fourth-order valence-corrected chi connectivity index (χ4v) is 3.32. The van der Waals surface area contributed by atoms with E-state index in [9.17, 15) is 27.6 Å². The molecule has 32 heavy (non-hydrogen) atoms. The number of Topliss-reactive ketones (excluding diaryl/α,β-unsaturated/α-hetero) is 1. The molecule has 2 amide bonds. The smallest absolute Gasteiger partial charge is 0.416 e. The van der Waals surface area contributed by atoms with Crippen LogP contribution in [0, 0.1) is 0 Å². The number of hydrogen-bond acceptors (Lipinski definition) is 4. The van der Waals surface area contributed by atoms with Gasteiger partial charge in [-0.05, 0) is 48.5 Å². The minimum atomic E-state index is -4.45. The quantitative estimate of drug-likeness (QED) is 0.633. The summed E-state index contributed by atoms with van der Waals surface area (Å²) in [4.78, 5) is 39.7. The van der Waals surface area contributed by atoms with Gasteiger partial charge in [0.2, 0.25) is 0 Å². The fraction of sp³-hybridized carbons (Fsp3) is 0.348. The van der Waals surface area contributed by atoms with Gasteiger partial charge < -0.3 is 14.5 Å². The van der Waals surface area contributed by atoms with Crippen LogP contribution in [0.2, 0.25) is 0 Å². The van der Waals surface area contributed by atoms with Crippen molar-refractivity contribution in [1.82, 2.24) is 9.80 Å². The van der Waals surface area contributed by atoms with Gasteiger partial charge >= 0.3 is 6.18 Å². The SMILES string of the molecule is CCC(=O)c1ccc(OCC(=O)N2CCN(C(=O)c3ccc(C(F)(F)F)cc3)CC2)cc1. The van der Waals surface area contributed by atoms with Gasteiger partial charge in [0.15, 0.2) is 12.4 Å². The topological polar surface area (TPSA) is 66.9 Å². The molecule has 0 saturated carbocycles. The van der Waals surface area contributed by atoms with E-state index in [0.717, 1.165) is 24.3 Å². The Labute approximate surface area is 183 Å². The normalized spacial score (nSPS) is 14.2. The molecule has 0 aliphatic carbocycles. The molecule has 1 fully saturated rings. The summed E-state index contributed by atoms with van der Waals surface area (Å²) in [5.74, 6) is -0.109. The van der Waals surface area contributed by atoms with Crippen LogP contribution in [0.3, 0.4) is 0 Å². The van der Waals surface area contributed by atoms with E-state index >= 15 is 0 Å². The minimum absolute atomic E-state index is 0.0244. The predicted octanol–water partition coefficient (Wildman–Crippen LogP) is 3.66. The molecule has 1 saturated heterocycles. The van der Waals surface area contributed by atoms with Crippen LogP contribution >= 0.6 is 0 Å². The molecule has 9 heteroatoms. The van der Waals surface area contributed by atoms with E-state index in [-0.39, 0.29) is 42.9 Å². The van der Waals surface area contributed by atoms with Crippen LogP contribution in [-0.2, 0) is 11.0 Å². The molecule has 0 radical (unpaired) electrons. The van der Waals surface area contributed by atoms with E-state index in [1.54, 1.807) is 36.1 Å². The third kappa shape index (κ3) is 5.66. The van der Waals surface area contributed by atoms with Crippen molar-refractivity contribution in [3.63, 3.8) is 0 Å². The van der Waals surface area contributed by atoms with Crippen LogP contribution < -0.4 is 4.74 Å². The zero-order valence-corrected chi connectivity index (χ0v) is 17.5. The summed E-state index contributed by atoms with van der Waals surface area (Å²) in [5, 5.41) is 0. The van der Waals surface area contributed by atoms with Crippen LogP contribution in [-0.4, -0.2) is 60.2 Å². The van der Waals surface area contributed by atoms with Crippen LogP contribution in [0.5, 0.6) is 5.75 Å². The second-order valence-corrected chi connectivity index (χ2v) is 7.34. The number of benzene rings is 2. The number of ether oxygens (including phenoxy) is 1. The molecule has 2 aromatic rings. The Morgan fingerprint density at radius 1 is 0.844 bits per heavy atom. The zero-order valence-electron chi connectivity index (χ0n) is 17.5. The molecule has 0 unspecified atom stereocenters. The predicted molar refractivity (Wildman–Crippen MR) is 110 cm³/mol. The highest BCUT2D eigenvalue weighted by Crippen LogP contribution is 2.29. The molecule has 1 aliphatic rings. The molecule has 1 heterocycles. The average Bonchev–Trinajstić information content (AvgIpc) is 2.81. The molecule has 0 atom stereocenters. The Hall–Kier alpha value is -3.36. The van der Waals surface area contributed by atoms with Crippen molar-refractivity contribution in [1.29, 1.82) is 0 Å². The van der Waals surface area contributed by atoms with Crippen molar-refractivity contribution in [2.24, 2.45) is 0 Å². The lowest BCUT2D eigenvalue weighted by molar-refractivity contribution is -0.137. The highest BCUT2D eigenvalue weighted by Gasteiger charge is 2.31. The van der Waals surface area contributed by atoms with Crippen LogP contribution in [0.15, 0.2) is 48.5 Å². The number of rotatable bonds is 6. The van der Waals surface area contributed by atoms with E-state index in [1.165, 1.54) is 4.90 Å². The summed E-state index contributed by atoms with van der Waals surface area (Å²) in [7, 11) is 0. The first-order valence-electron chi connectivity index (χ1n) is 10.2. The third-order valence-corrected chi connectivity index (χ3v) is 5.24. The van der Waals surface area contributed by atoms with Crippen molar-refractivity contribution in [2.45, 2.75) is 19.5 Å². The van der Waals surface area contributed by atoms with Gasteiger partial charge in [0.25, 0.3) is 11.8 Å². The minimum Gasteiger partial charge on any atom is -0.484 e. The Bertz CT molecular complexity index is 964. The number of amides is 2. The summed E-state index contributed by atoms with van der Waals surface area (Å²) in [6.07, 6.45) is -4.04. The molecule has 1 aliphatic heterocycles. The molecule has 0 spiro atoms. The second kappa shape index (κ2) is 9.84. The van der Waals surface area contributed by atoms with E-state index in [2.05, 4.69) is 0 Å². The first-order chi connectivity index (χ1) is 15.2. The van der Waals surface area contributed by atoms with Crippen molar-refractivity contribution < 1.29 is 32.3 Å². The Morgan fingerprint density at radius 3 is 1.91 bits per heavy atom. The average molecular weight is 448 g/mol. The summed E-state index contributed by atoms with van der Waals surface area (Å²) < 4.78 is 43.5. The molecular weight excluding hydrogens is 425 g/mol. The van der Waals surface area contributed by atoms with Crippen molar-refractivity contribution in [2.75, 3.05) is 32.8 Å². The molecule has 2 aromatic carbocycles. The van der Waals surface area contributed by atoms with Gasteiger partial charge in [0, 0.05) is 43.7 Å². The lowest BCUT2D eigenvalue weighted by atomic mass is 10.1. The fourth-order valence-electron chi connectivity index (χ4n) is 3.32. The Morgan fingerprint density at radius 2 is 1.38 bits per heavy atom. The second-order valence-electron chi connectivity index (χ2n) is 7.34. The number of halogens is 3. The van der Waals surface area contributed by atoms with Gasteiger partial charge in [-0.25, -0.2) is 0 Å². The standard InChI is InChI=1S/C23H23F3N2O4/c1-2-20(29)16-5-9-19(10-6-16)32-15-21(30)27-11-13-28(14-12-27)22(31)17-3-7-18(8-4-17)23(24,25)26/h3-10H,2,11-15H2,1H3. The summed E-state index contributed by atoms with van der Waals surface area (Å²) in [6.45, 7) is 2.77. The summed E-state index contributed by atoms with van der Waals surface area (Å²) >= 11 is 0. The van der Waals surface area contributed by atoms with Crippen molar-refractivity contribution in [3.8, 4) is 5.75 Å².